The minimum Gasteiger partial charge on any atom is -0.487 e. The number of hydrogen-bond acceptors (Lipinski definition) is 5. The third-order valence-electron chi connectivity index (χ3n) is 6.60. The lowest BCUT2D eigenvalue weighted by molar-refractivity contribution is 0.0767. The third-order valence-corrected chi connectivity index (χ3v) is 6.60. The van der Waals surface area contributed by atoms with E-state index in [1.54, 1.807) is 0 Å². The van der Waals surface area contributed by atoms with Crippen LogP contribution in [0, 0.1) is 6.92 Å². The highest BCUT2D eigenvalue weighted by atomic mass is 16.5. The Labute approximate surface area is 209 Å². The summed E-state index contributed by atoms with van der Waals surface area (Å²) < 4.78 is 7.93. The van der Waals surface area contributed by atoms with Gasteiger partial charge in [0.25, 0.3) is 5.91 Å². The van der Waals surface area contributed by atoms with Crippen molar-refractivity contribution in [1.29, 1.82) is 0 Å². The molecule has 1 N–H and O–H groups in total. The topological polar surface area (TPSA) is 78.8 Å². The summed E-state index contributed by atoms with van der Waals surface area (Å²) in [5, 5.41) is 0. The summed E-state index contributed by atoms with van der Waals surface area (Å²) in [5.74, 6) is 1.63. The van der Waals surface area contributed by atoms with Crippen molar-refractivity contribution in [3.63, 3.8) is 0 Å². The Kier molecular flexibility index (Phi) is 5.77. The van der Waals surface area contributed by atoms with Gasteiger partial charge in [0.2, 0.25) is 5.95 Å². The van der Waals surface area contributed by atoms with E-state index in [-0.39, 0.29) is 5.91 Å². The smallest absolute Gasteiger partial charge is 0.253 e. The zero-order valence-electron chi connectivity index (χ0n) is 20.2. The number of para-hydroxylation sites is 2. The second-order valence-corrected chi connectivity index (χ2v) is 9.23. The number of rotatable bonds is 5. The first-order valence-electron chi connectivity index (χ1n) is 12.3. The van der Waals surface area contributed by atoms with Crippen molar-refractivity contribution in [2.45, 2.75) is 20.0 Å². The number of aryl methyl sites for hydroxylation is 1. The van der Waals surface area contributed by atoms with Gasteiger partial charge in [0.05, 0.1) is 16.7 Å². The van der Waals surface area contributed by atoms with Crippen molar-refractivity contribution in [1.82, 2.24) is 24.3 Å². The molecule has 3 aromatic heterocycles. The Bertz CT molecular complexity index is 1490. The number of amides is 1. The van der Waals surface area contributed by atoms with Crippen molar-refractivity contribution in [3.8, 4) is 5.75 Å². The summed E-state index contributed by atoms with van der Waals surface area (Å²) in [6.45, 7) is 5.41. The van der Waals surface area contributed by atoms with Gasteiger partial charge in [0.1, 0.15) is 18.0 Å². The van der Waals surface area contributed by atoms with Crippen LogP contribution >= 0.6 is 0 Å². The summed E-state index contributed by atoms with van der Waals surface area (Å²) >= 11 is 0. The molecule has 1 aliphatic heterocycles. The first kappa shape index (κ1) is 22.2. The minimum absolute atomic E-state index is 0.0451. The highest BCUT2D eigenvalue weighted by Gasteiger charge is 2.22. The molecule has 8 heteroatoms. The first-order chi connectivity index (χ1) is 17.6. The molecule has 1 aliphatic rings. The molecular formula is C28H28N6O2. The zero-order chi connectivity index (χ0) is 24.5. The van der Waals surface area contributed by atoms with E-state index in [1.807, 2.05) is 82.4 Å². The standard InChI is InChI=1S/C28H28N6O2/c1-20-7-12-26-29-22(18-34(26)17-20)19-36-23-10-8-21(9-11-23)27(35)32-13-4-14-33(16-15-32)28-30-24-5-2-3-6-25(24)31-28/h2-3,5-12,17-18H,4,13-16,19H2,1H3,(H,30,31). The SMILES string of the molecule is Cc1ccc2nc(COc3ccc(C(=O)N4CCCN(c5nc6ccccc6[nH]5)CC4)cc3)cn2c1. The van der Waals surface area contributed by atoms with Crippen LogP contribution in [0.2, 0.25) is 0 Å². The van der Waals surface area contributed by atoms with E-state index in [1.165, 1.54) is 5.56 Å². The third kappa shape index (κ3) is 4.49. The molecule has 182 valence electrons. The molecule has 4 heterocycles. The monoisotopic (exact) mass is 480 g/mol. The molecule has 1 saturated heterocycles. The van der Waals surface area contributed by atoms with Crippen LogP contribution in [0.3, 0.4) is 0 Å². The van der Waals surface area contributed by atoms with Gasteiger partial charge in [0, 0.05) is 44.1 Å². The number of fused-ring (bicyclic) bond motifs is 2. The summed E-state index contributed by atoms with van der Waals surface area (Å²) in [6, 6.07) is 19.5. The Morgan fingerprint density at radius 1 is 0.944 bits per heavy atom. The van der Waals surface area contributed by atoms with Gasteiger partial charge >= 0.3 is 0 Å². The van der Waals surface area contributed by atoms with E-state index >= 15 is 0 Å². The fourth-order valence-electron chi connectivity index (χ4n) is 4.68. The van der Waals surface area contributed by atoms with Crippen LogP contribution in [0.5, 0.6) is 5.75 Å². The molecule has 0 saturated carbocycles. The number of pyridine rings is 1. The highest BCUT2D eigenvalue weighted by Crippen LogP contribution is 2.20. The molecule has 0 atom stereocenters. The maximum absolute atomic E-state index is 13.2. The van der Waals surface area contributed by atoms with Crippen LogP contribution in [0.15, 0.2) is 73.1 Å². The average molecular weight is 481 g/mol. The number of carbonyl (C=O) groups is 1. The number of hydrogen-bond donors (Lipinski definition) is 1. The molecular weight excluding hydrogens is 452 g/mol. The molecule has 0 aliphatic carbocycles. The van der Waals surface area contributed by atoms with Crippen LogP contribution < -0.4 is 9.64 Å². The Morgan fingerprint density at radius 3 is 2.67 bits per heavy atom. The largest absolute Gasteiger partial charge is 0.487 e. The van der Waals surface area contributed by atoms with Crippen LogP contribution in [0.25, 0.3) is 16.7 Å². The van der Waals surface area contributed by atoms with Crippen molar-refractivity contribution in [2.24, 2.45) is 0 Å². The fraction of sp³-hybridized carbons (Fsp3) is 0.250. The van der Waals surface area contributed by atoms with Gasteiger partial charge in [-0.25, -0.2) is 9.97 Å². The molecule has 0 bridgehead atoms. The number of H-pyrrole nitrogens is 1. The van der Waals surface area contributed by atoms with Crippen LogP contribution in [0.1, 0.15) is 28.0 Å². The maximum atomic E-state index is 13.2. The van der Waals surface area contributed by atoms with Crippen LogP contribution in [-0.4, -0.2) is 56.3 Å². The van der Waals surface area contributed by atoms with E-state index in [9.17, 15) is 4.79 Å². The van der Waals surface area contributed by atoms with E-state index in [4.69, 9.17) is 9.72 Å². The van der Waals surface area contributed by atoms with E-state index in [2.05, 4.69) is 21.8 Å². The number of benzene rings is 2. The summed E-state index contributed by atoms with van der Waals surface area (Å²) in [5.41, 5.74) is 5.60. The predicted octanol–water partition coefficient (Wildman–Crippen LogP) is 4.45. The highest BCUT2D eigenvalue weighted by molar-refractivity contribution is 5.94. The molecule has 0 spiro atoms. The minimum atomic E-state index is 0.0451. The van der Waals surface area contributed by atoms with Gasteiger partial charge < -0.3 is 23.9 Å². The summed E-state index contributed by atoms with van der Waals surface area (Å²) in [7, 11) is 0. The Balaban J connectivity index is 1.07. The predicted molar refractivity (Wildman–Crippen MR) is 140 cm³/mol. The normalized spacial score (nSPS) is 14.4. The Morgan fingerprint density at radius 2 is 1.81 bits per heavy atom. The van der Waals surface area contributed by atoms with Gasteiger partial charge in [-0.05, 0) is 61.4 Å². The van der Waals surface area contributed by atoms with Gasteiger partial charge in [0.15, 0.2) is 0 Å². The first-order valence-corrected chi connectivity index (χ1v) is 12.3. The molecule has 0 unspecified atom stereocenters. The van der Waals surface area contributed by atoms with Crippen molar-refractivity contribution in [2.75, 3.05) is 31.1 Å². The number of nitrogens with one attached hydrogen (secondary N) is 1. The zero-order valence-corrected chi connectivity index (χ0v) is 20.2. The lowest BCUT2D eigenvalue weighted by atomic mass is 10.2. The molecule has 6 rings (SSSR count). The van der Waals surface area contributed by atoms with Gasteiger partial charge in [-0.2, -0.15) is 0 Å². The number of imidazole rings is 2. The van der Waals surface area contributed by atoms with Gasteiger partial charge in [-0.3, -0.25) is 4.79 Å². The molecule has 1 amide bonds. The summed E-state index contributed by atoms with van der Waals surface area (Å²) in [4.78, 5) is 30.0. The number of anilines is 1. The number of carbonyl (C=O) groups excluding carboxylic acids is 1. The lowest BCUT2D eigenvalue weighted by Gasteiger charge is -2.22. The van der Waals surface area contributed by atoms with Crippen molar-refractivity contribution < 1.29 is 9.53 Å². The molecule has 1 fully saturated rings. The number of ether oxygens (including phenoxy) is 1. The Hall–Kier alpha value is -4.33. The summed E-state index contributed by atoms with van der Waals surface area (Å²) in [6.07, 6.45) is 4.92. The maximum Gasteiger partial charge on any atom is 0.253 e. The second-order valence-electron chi connectivity index (χ2n) is 9.23. The number of nitrogens with zero attached hydrogens (tertiary/aromatic N) is 5. The van der Waals surface area contributed by atoms with E-state index < -0.39 is 0 Å². The van der Waals surface area contributed by atoms with E-state index in [0.717, 1.165) is 54.4 Å². The molecule has 5 aromatic rings. The fourth-order valence-corrected chi connectivity index (χ4v) is 4.68. The van der Waals surface area contributed by atoms with Gasteiger partial charge in [-0.1, -0.05) is 18.2 Å². The van der Waals surface area contributed by atoms with Gasteiger partial charge in [-0.15, -0.1) is 0 Å². The van der Waals surface area contributed by atoms with Crippen molar-refractivity contribution in [3.05, 3.63) is 89.9 Å². The quantitative estimate of drug-likeness (QED) is 0.402. The van der Waals surface area contributed by atoms with E-state index in [0.29, 0.717) is 24.5 Å². The second kappa shape index (κ2) is 9.37. The lowest BCUT2D eigenvalue weighted by Crippen LogP contribution is -2.35. The molecule has 2 aromatic carbocycles. The number of aromatic amines is 1. The molecule has 0 radical (unpaired) electrons. The van der Waals surface area contributed by atoms with Crippen LogP contribution in [-0.2, 0) is 6.61 Å². The molecule has 36 heavy (non-hydrogen) atoms. The molecule has 8 nitrogen and oxygen atoms in total. The average Bonchev–Trinajstić information content (AvgIpc) is 3.43. The van der Waals surface area contributed by atoms with Crippen LogP contribution in [0.4, 0.5) is 5.95 Å². The van der Waals surface area contributed by atoms with Crippen molar-refractivity contribution >= 4 is 28.5 Å². The number of aromatic nitrogens is 4.